The highest BCUT2D eigenvalue weighted by Gasteiger charge is 2.23. The molecule has 0 bridgehead atoms. The van der Waals surface area contributed by atoms with Gasteiger partial charge in [0.2, 0.25) is 10.0 Å². The molecule has 0 aromatic rings. The van der Waals surface area contributed by atoms with Crippen molar-refractivity contribution in [2.75, 3.05) is 39.5 Å². The summed E-state index contributed by atoms with van der Waals surface area (Å²) in [4.78, 5) is 2.08. The lowest BCUT2D eigenvalue weighted by Crippen LogP contribution is -2.42. The van der Waals surface area contributed by atoms with Crippen LogP contribution in [-0.2, 0) is 10.0 Å². The Morgan fingerprint density at radius 1 is 1.30 bits per heavy atom. The number of nitrogens with zero attached hydrogens (tertiary/aromatic N) is 1. The van der Waals surface area contributed by atoms with E-state index in [1.807, 2.05) is 14.1 Å². The van der Waals surface area contributed by atoms with Gasteiger partial charge in [-0.05, 0) is 45.3 Å². The van der Waals surface area contributed by atoms with Crippen LogP contribution in [-0.4, -0.2) is 58.8 Å². The summed E-state index contributed by atoms with van der Waals surface area (Å²) in [6.45, 7) is 6.54. The average molecular weight is 305 g/mol. The Morgan fingerprint density at radius 3 is 2.55 bits per heavy atom. The van der Waals surface area contributed by atoms with Crippen LogP contribution in [0.15, 0.2) is 0 Å². The first kappa shape index (κ1) is 17.9. The summed E-state index contributed by atoms with van der Waals surface area (Å²) in [6, 6.07) is 0.370. The van der Waals surface area contributed by atoms with E-state index in [0.717, 1.165) is 19.5 Å². The Balaban J connectivity index is 2.33. The lowest BCUT2D eigenvalue weighted by atomic mass is 9.93. The second-order valence-corrected chi connectivity index (χ2v) is 8.90. The quantitative estimate of drug-likeness (QED) is 0.703. The van der Waals surface area contributed by atoms with Crippen LogP contribution in [0.25, 0.3) is 0 Å². The first-order valence-corrected chi connectivity index (χ1v) is 9.21. The maximum absolute atomic E-state index is 12.1. The third-order valence-corrected chi connectivity index (χ3v) is 5.02. The molecule has 1 atom stereocenters. The molecule has 20 heavy (non-hydrogen) atoms. The zero-order chi connectivity index (χ0) is 15.2. The van der Waals surface area contributed by atoms with Crippen molar-refractivity contribution < 1.29 is 8.42 Å². The number of piperidine rings is 1. The summed E-state index contributed by atoms with van der Waals surface area (Å²) in [5.41, 5.74) is -0.0559. The Morgan fingerprint density at radius 2 is 2.00 bits per heavy atom. The zero-order valence-electron chi connectivity index (χ0n) is 13.4. The van der Waals surface area contributed by atoms with Crippen LogP contribution < -0.4 is 10.0 Å². The lowest BCUT2D eigenvalue weighted by Gasteiger charge is -2.28. The Bertz CT molecular complexity index is 374. The minimum absolute atomic E-state index is 0.0559. The van der Waals surface area contributed by atoms with E-state index >= 15 is 0 Å². The topological polar surface area (TPSA) is 61.4 Å². The highest BCUT2D eigenvalue weighted by atomic mass is 32.2. The molecule has 1 saturated heterocycles. The average Bonchev–Trinajstić information content (AvgIpc) is 2.34. The number of nitrogens with one attached hydrogen (secondary N) is 2. The molecule has 0 aliphatic carbocycles. The molecule has 2 N–H and O–H groups in total. The zero-order valence-corrected chi connectivity index (χ0v) is 14.2. The van der Waals surface area contributed by atoms with Crippen molar-refractivity contribution in [1.29, 1.82) is 0 Å². The van der Waals surface area contributed by atoms with Crippen molar-refractivity contribution in [3.63, 3.8) is 0 Å². The molecule has 5 nitrogen and oxygen atoms in total. The molecule has 0 aromatic heterocycles. The standard InChI is InChI=1S/C14H31N3O2S/c1-14(2,12-17(3)4)11-16-20(18,19)10-8-13-7-5-6-9-15-13/h13,15-16H,5-12H2,1-4H3. The summed E-state index contributed by atoms with van der Waals surface area (Å²) < 4.78 is 26.9. The van der Waals surface area contributed by atoms with Gasteiger partial charge in [-0.2, -0.15) is 0 Å². The van der Waals surface area contributed by atoms with Crippen LogP contribution in [0.4, 0.5) is 0 Å². The van der Waals surface area contributed by atoms with E-state index < -0.39 is 10.0 Å². The van der Waals surface area contributed by atoms with E-state index in [9.17, 15) is 8.42 Å². The lowest BCUT2D eigenvalue weighted by molar-refractivity contribution is 0.242. The molecule has 1 aliphatic heterocycles. The highest BCUT2D eigenvalue weighted by Crippen LogP contribution is 2.15. The predicted octanol–water partition coefficient (Wildman–Crippen LogP) is 1.03. The van der Waals surface area contributed by atoms with Crippen molar-refractivity contribution >= 4 is 10.0 Å². The van der Waals surface area contributed by atoms with Crippen molar-refractivity contribution in [3.8, 4) is 0 Å². The van der Waals surface area contributed by atoms with E-state index in [4.69, 9.17) is 0 Å². The van der Waals surface area contributed by atoms with Gasteiger partial charge >= 0.3 is 0 Å². The maximum Gasteiger partial charge on any atom is 0.211 e. The fraction of sp³-hybridized carbons (Fsp3) is 1.00. The largest absolute Gasteiger partial charge is 0.314 e. The summed E-state index contributed by atoms with van der Waals surface area (Å²) >= 11 is 0. The second kappa shape index (κ2) is 7.73. The molecule has 0 saturated carbocycles. The molecule has 1 rings (SSSR count). The van der Waals surface area contributed by atoms with Gasteiger partial charge < -0.3 is 10.2 Å². The normalized spacial score (nSPS) is 21.4. The van der Waals surface area contributed by atoms with E-state index in [1.165, 1.54) is 12.8 Å². The Labute approximate surface area is 124 Å². The molecule has 0 spiro atoms. The molecule has 1 aliphatic rings. The van der Waals surface area contributed by atoms with Crippen molar-refractivity contribution in [2.45, 2.75) is 45.6 Å². The summed E-state index contributed by atoms with van der Waals surface area (Å²) in [5, 5.41) is 3.39. The highest BCUT2D eigenvalue weighted by molar-refractivity contribution is 7.89. The van der Waals surface area contributed by atoms with Crippen LogP contribution in [0.5, 0.6) is 0 Å². The molecule has 1 heterocycles. The van der Waals surface area contributed by atoms with Crippen LogP contribution in [0.3, 0.4) is 0 Å². The van der Waals surface area contributed by atoms with Crippen molar-refractivity contribution in [2.24, 2.45) is 5.41 Å². The Hall–Kier alpha value is -0.170. The van der Waals surface area contributed by atoms with Gasteiger partial charge in [-0.15, -0.1) is 0 Å². The fourth-order valence-electron chi connectivity index (χ4n) is 2.76. The van der Waals surface area contributed by atoms with Gasteiger partial charge in [0.1, 0.15) is 0 Å². The van der Waals surface area contributed by atoms with Crippen LogP contribution >= 0.6 is 0 Å². The van der Waals surface area contributed by atoms with E-state index in [0.29, 0.717) is 19.0 Å². The van der Waals surface area contributed by atoms with Crippen molar-refractivity contribution in [1.82, 2.24) is 14.9 Å². The van der Waals surface area contributed by atoms with Gasteiger partial charge in [-0.1, -0.05) is 20.3 Å². The monoisotopic (exact) mass is 305 g/mol. The number of rotatable bonds is 8. The first-order valence-electron chi connectivity index (χ1n) is 7.56. The third-order valence-electron chi connectivity index (χ3n) is 3.66. The Kier molecular flexibility index (Phi) is 6.91. The molecule has 120 valence electrons. The number of sulfonamides is 1. The SMILES string of the molecule is CN(C)CC(C)(C)CNS(=O)(=O)CCC1CCCCN1. The van der Waals surface area contributed by atoms with Crippen LogP contribution in [0.1, 0.15) is 39.5 Å². The summed E-state index contributed by atoms with van der Waals surface area (Å²) in [6.07, 6.45) is 4.23. The minimum Gasteiger partial charge on any atom is -0.314 e. The molecule has 0 amide bonds. The van der Waals surface area contributed by atoms with Crippen LogP contribution in [0, 0.1) is 5.41 Å². The summed E-state index contributed by atoms with van der Waals surface area (Å²) in [5.74, 6) is 0.225. The fourth-order valence-corrected chi connectivity index (χ4v) is 4.11. The molecule has 1 fully saturated rings. The van der Waals surface area contributed by atoms with E-state index in [1.54, 1.807) is 0 Å². The van der Waals surface area contributed by atoms with Gasteiger partial charge in [0.25, 0.3) is 0 Å². The molecular weight excluding hydrogens is 274 g/mol. The van der Waals surface area contributed by atoms with Crippen LogP contribution in [0.2, 0.25) is 0 Å². The van der Waals surface area contributed by atoms with Gasteiger partial charge in [0, 0.05) is 19.1 Å². The molecule has 1 unspecified atom stereocenters. The first-order chi connectivity index (χ1) is 9.20. The van der Waals surface area contributed by atoms with E-state index in [-0.39, 0.29) is 11.2 Å². The molecule has 6 heteroatoms. The third kappa shape index (κ3) is 7.57. The molecule has 0 radical (unpaired) electrons. The number of hydrogen-bond donors (Lipinski definition) is 2. The van der Waals surface area contributed by atoms with Gasteiger partial charge in [0.15, 0.2) is 0 Å². The molecular formula is C14H31N3O2S. The minimum atomic E-state index is -3.16. The van der Waals surface area contributed by atoms with E-state index in [2.05, 4.69) is 28.8 Å². The maximum atomic E-state index is 12.1. The summed E-state index contributed by atoms with van der Waals surface area (Å²) in [7, 11) is 0.851. The van der Waals surface area contributed by atoms with Gasteiger partial charge in [-0.25, -0.2) is 13.1 Å². The number of hydrogen-bond acceptors (Lipinski definition) is 4. The van der Waals surface area contributed by atoms with Gasteiger partial charge in [0.05, 0.1) is 5.75 Å². The molecule has 0 aromatic carbocycles. The smallest absolute Gasteiger partial charge is 0.211 e. The predicted molar refractivity (Wildman–Crippen MR) is 84.4 cm³/mol. The van der Waals surface area contributed by atoms with Gasteiger partial charge in [-0.3, -0.25) is 0 Å². The second-order valence-electron chi connectivity index (χ2n) is 6.98. The van der Waals surface area contributed by atoms with Crippen molar-refractivity contribution in [3.05, 3.63) is 0 Å².